The molecule has 1 N–H and O–H groups in total. The normalized spacial score (nSPS) is 16.5. The van der Waals surface area contributed by atoms with Gasteiger partial charge in [-0.15, -0.1) is 0 Å². The average Bonchev–Trinajstić information content (AvgIpc) is 2.45. The van der Waals surface area contributed by atoms with E-state index in [1.165, 1.54) is 6.07 Å². The van der Waals surface area contributed by atoms with Crippen LogP contribution >= 0.6 is 11.6 Å². The highest BCUT2D eigenvalue weighted by Gasteiger charge is 2.29. The molecule has 1 atom stereocenters. The summed E-state index contributed by atoms with van der Waals surface area (Å²) in [4.78, 5) is 0. The molecule has 1 saturated heterocycles. The molecule has 1 aliphatic heterocycles. The molecule has 0 spiro atoms. The number of benzene rings is 2. The second-order valence-electron chi connectivity index (χ2n) is 5.31. The Morgan fingerprint density at radius 3 is 2.57 bits per heavy atom. The Morgan fingerprint density at radius 2 is 1.95 bits per heavy atom. The summed E-state index contributed by atoms with van der Waals surface area (Å²) >= 11 is 5.76. The average molecular weight is 306 g/mol. The molecule has 2 aromatic carbocycles. The van der Waals surface area contributed by atoms with Crippen molar-refractivity contribution in [1.29, 1.82) is 0 Å². The number of ether oxygens (including phenoxy) is 1. The fraction of sp³-hybridized carbons (Fsp3) is 0.294. The molecule has 0 radical (unpaired) electrons. The van der Waals surface area contributed by atoms with Crippen LogP contribution < -0.4 is 5.32 Å². The molecule has 0 aromatic heterocycles. The quantitative estimate of drug-likeness (QED) is 0.903. The molecule has 1 aliphatic rings. The van der Waals surface area contributed by atoms with Crippen molar-refractivity contribution in [2.24, 2.45) is 5.92 Å². The Morgan fingerprint density at radius 1 is 1.19 bits per heavy atom. The SMILES string of the molecule is Fc1cc(C(OCc2ccccc2)C2CNC2)ccc1Cl. The lowest BCUT2D eigenvalue weighted by Gasteiger charge is -2.35. The number of rotatable bonds is 5. The van der Waals surface area contributed by atoms with Gasteiger partial charge in [0.1, 0.15) is 5.82 Å². The lowest BCUT2D eigenvalue weighted by atomic mass is 9.90. The maximum absolute atomic E-state index is 13.7. The molecule has 0 saturated carbocycles. The Hall–Kier alpha value is -1.42. The van der Waals surface area contributed by atoms with Crippen LogP contribution in [0.2, 0.25) is 5.02 Å². The van der Waals surface area contributed by atoms with E-state index in [9.17, 15) is 4.39 Å². The van der Waals surface area contributed by atoms with Crippen LogP contribution in [0.1, 0.15) is 17.2 Å². The van der Waals surface area contributed by atoms with E-state index in [1.807, 2.05) is 36.4 Å². The standard InChI is InChI=1S/C17H17ClFNO/c18-15-7-6-13(8-16(15)19)17(14-9-20-10-14)21-11-12-4-2-1-3-5-12/h1-8,14,17,20H,9-11H2. The molecule has 21 heavy (non-hydrogen) atoms. The van der Waals surface area contributed by atoms with E-state index in [0.717, 1.165) is 24.2 Å². The molecule has 4 heteroatoms. The van der Waals surface area contributed by atoms with Gasteiger partial charge in [-0.1, -0.05) is 48.0 Å². The van der Waals surface area contributed by atoms with Crippen LogP contribution in [-0.2, 0) is 11.3 Å². The molecule has 3 rings (SSSR count). The Kier molecular flexibility index (Phi) is 4.54. The molecule has 2 nitrogen and oxygen atoms in total. The van der Waals surface area contributed by atoms with Crippen LogP contribution in [0, 0.1) is 11.7 Å². The molecular weight excluding hydrogens is 289 g/mol. The third-order valence-electron chi connectivity index (χ3n) is 3.79. The molecule has 1 heterocycles. The minimum Gasteiger partial charge on any atom is -0.368 e. The fourth-order valence-corrected chi connectivity index (χ4v) is 2.60. The fourth-order valence-electron chi connectivity index (χ4n) is 2.48. The monoisotopic (exact) mass is 305 g/mol. The van der Waals surface area contributed by atoms with Gasteiger partial charge in [-0.05, 0) is 23.3 Å². The number of hydrogen-bond acceptors (Lipinski definition) is 2. The van der Waals surface area contributed by atoms with Crippen molar-refractivity contribution in [1.82, 2.24) is 5.32 Å². The van der Waals surface area contributed by atoms with Gasteiger partial charge in [0, 0.05) is 19.0 Å². The van der Waals surface area contributed by atoms with Crippen molar-refractivity contribution in [3.8, 4) is 0 Å². The lowest BCUT2D eigenvalue weighted by molar-refractivity contribution is -0.0172. The zero-order valence-corrected chi connectivity index (χ0v) is 12.3. The van der Waals surface area contributed by atoms with Crippen LogP contribution in [0.15, 0.2) is 48.5 Å². The van der Waals surface area contributed by atoms with E-state index in [1.54, 1.807) is 6.07 Å². The van der Waals surface area contributed by atoms with Gasteiger partial charge < -0.3 is 10.1 Å². The molecule has 2 aromatic rings. The third kappa shape index (κ3) is 3.43. The summed E-state index contributed by atoms with van der Waals surface area (Å²) in [5.41, 5.74) is 1.96. The molecule has 0 aliphatic carbocycles. The summed E-state index contributed by atoms with van der Waals surface area (Å²) in [5.74, 6) is -0.0240. The smallest absolute Gasteiger partial charge is 0.142 e. The predicted octanol–water partition coefficient (Wildman–Crippen LogP) is 3.96. The van der Waals surface area contributed by atoms with Crippen LogP contribution in [0.25, 0.3) is 0 Å². The van der Waals surface area contributed by atoms with Crippen molar-refractivity contribution in [3.05, 3.63) is 70.5 Å². The Labute approximate surface area is 128 Å². The van der Waals surface area contributed by atoms with Gasteiger partial charge in [-0.2, -0.15) is 0 Å². The first-order valence-corrected chi connectivity index (χ1v) is 7.43. The summed E-state index contributed by atoms with van der Waals surface area (Å²) in [6, 6.07) is 14.9. The van der Waals surface area contributed by atoms with Gasteiger partial charge >= 0.3 is 0 Å². The van der Waals surface area contributed by atoms with Crippen LogP contribution in [0.4, 0.5) is 4.39 Å². The maximum Gasteiger partial charge on any atom is 0.142 e. The van der Waals surface area contributed by atoms with Crippen LogP contribution in [0.3, 0.4) is 0 Å². The van der Waals surface area contributed by atoms with Gasteiger partial charge in [0.05, 0.1) is 17.7 Å². The van der Waals surface area contributed by atoms with Crippen LogP contribution in [0.5, 0.6) is 0 Å². The summed E-state index contributed by atoms with van der Waals surface area (Å²) in [5, 5.41) is 3.38. The number of hydrogen-bond donors (Lipinski definition) is 1. The van der Waals surface area contributed by atoms with Crippen molar-refractivity contribution < 1.29 is 9.13 Å². The highest BCUT2D eigenvalue weighted by atomic mass is 35.5. The van der Waals surface area contributed by atoms with Gasteiger partial charge in [-0.25, -0.2) is 4.39 Å². The van der Waals surface area contributed by atoms with Crippen molar-refractivity contribution in [2.45, 2.75) is 12.7 Å². The zero-order valence-electron chi connectivity index (χ0n) is 11.6. The maximum atomic E-state index is 13.7. The summed E-state index contributed by atoms with van der Waals surface area (Å²) in [7, 11) is 0. The predicted molar refractivity (Wildman–Crippen MR) is 81.7 cm³/mol. The molecular formula is C17H17ClFNO. The van der Waals surface area contributed by atoms with Gasteiger partial charge in [-0.3, -0.25) is 0 Å². The lowest BCUT2D eigenvalue weighted by Crippen LogP contribution is -2.45. The molecule has 1 unspecified atom stereocenters. The first kappa shape index (κ1) is 14.5. The Bertz CT molecular complexity index is 601. The topological polar surface area (TPSA) is 21.3 Å². The zero-order chi connectivity index (χ0) is 14.7. The van der Waals surface area contributed by atoms with E-state index < -0.39 is 5.82 Å². The van der Waals surface area contributed by atoms with Gasteiger partial charge in [0.2, 0.25) is 0 Å². The largest absolute Gasteiger partial charge is 0.368 e. The number of halogens is 2. The summed E-state index contributed by atoms with van der Waals surface area (Å²) in [6.45, 7) is 2.31. The first-order chi connectivity index (χ1) is 10.2. The molecule has 0 amide bonds. The van der Waals surface area contributed by atoms with Crippen LogP contribution in [-0.4, -0.2) is 13.1 Å². The third-order valence-corrected chi connectivity index (χ3v) is 4.09. The second kappa shape index (κ2) is 6.56. The van der Waals surface area contributed by atoms with Crippen molar-refractivity contribution >= 4 is 11.6 Å². The molecule has 0 bridgehead atoms. The van der Waals surface area contributed by atoms with E-state index in [4.69, 9.17) is 16.3 Å². The summed E-state index contributed by atoms with van der Waals surface area (Å²) < 4.78 is 19.7. The second-order valence-corrected chi connectivity index (χ2v) is 5.72. The minimum absolute atomic E-state index is 0.113. The first-order valence-electron chi connectivity index (χ1n) is 7.05. The minimum atomic E-state index is -0.394. The van der Waals surface area contributed by atoms with Crippen molar-refractivity contribution in [2.75, 3.05) is 13.1 Å². The highest BCUT2D eigenvalue weighted by Crippen LogP contribution is 2.31. The van der Waals surface area contributed by atoms with E-state index in [0.29, 0.717) is 12.5 Å². The van der Waals surface area contributed by atoms with Gasteiger partial charge in [0.25, 0.3) is 0 Å². The van der Waals surface area contributed by atoms with E-state index >= 15 is 0 Å². The Balaban J connectivity index is 1.76. The number of nitrogens with one attached hydrogen (secondary N) is 1. The van der Waals surface area contributed by atoms with E-state index in [2.05, 4.69) is 5.32 Å². The van der Waals surface area contributed by atoms with Crippen molar-refractivity contribution in [3.63, 3.8) is 0 Å². The van der Waals surface area contributed by atoms with Gasteiger partial charge in [0.15, 0.2) is 0 Å². The highest BCUT2D eigenvalue weighted by molar-refractivity contribution is 6.30. The summed E-state index contributed by atoms with van der Waals surface area (Å²) in [6.07, 6.45) is -0.113. The van der Waals surface area contributed by atoms with E-state index in [-0.39, 0.29) is 11.1 Å². The molecule has 110 valence electrons. The molecule has 1 fully saturated rings.